The molecule has 0 amide bonds. The molecule has 1 heterocycles. The van der Waals surface area contributed by atoms with E-state index in [1.807, 2.05) is 38.1 Å². The van der Waals surface area contributed by atoms with Gasteiger partial charge in [-0.3, -0.25) is 0 Å². The van der Waals surface area contributed by atoms with Gasteiger partial charge < -0.3 is 4.74 Å². The van der Waals surface area contributed by atoms with Crippen LogP contribution in [0, 0.1) is 13.8 Å². The summed E-state index contributed by atoms with van der Waals surface area (Å²) >= 11 is 0. The summed E-state index contributed by atoms with van der Waals surface area (Å²) in [6.45, 7) is 7.69. The second-order valence-corrected chi connectivity index (χ2v) is 3.93. The van der Waals surface area contributed by atoms with Crippen LogP contribution in [0.3, 0.4) is 0 Å². The minimum Gasteiger partial charge on any atom is -0.445 e. The smallest absolute Gasteiger partial charge is 0.419 e. The number of aromatic nitrogens is 1. The van der Waals surface area contributed by atoms with E-state index in [0.29, 0.717) is 0 Å². The lowest BCUT2D eigenvalue weighted by molar-refractivity contribution is 0.160. The van der Waals surface area contributed by atoms with Crippen molar-refractivity contribution >= 4 is 17.0 Å². The maximum Gasteiger partial charge on any atom is 0.419 e. The Bertz CT molecular complexity index is 581. The molecule has 0 spiro atoms. The highest BCUT2D eigenvalue weighted by Crippen LogP contribution is 2.24. The minimum atomic E-state index is -0.355. The Morgan fingerprint density at radius 2 is 2.12 bits per heavy atom. The minimum absolute atomic E-state index is 0.226. The lowest BCUT2D eigenvalue weighted by Crippen LogP contribution is -2.15. The number of hydrogen-bond acceptors (Lipinski definition) is 2. The lowest BCUT2D eigenvalue weighted by atomic mass is 10.2. The second kappa shape index (κ2) is 4.45. The van der Waals surface area contributed by atoms with Gasteiger partial charge in [-0.15, -0.1) is 0 Å². The first-order chi connectivity index (χ1) is 8.16. The van der Waals surface area contributed by atoms with Crippen LogP contribution in [0.15, 0.2) is 36.9 Å². The first kappa shape index (κ1) is 11.5. The van der Waals surface area contributed by atoms with Crippen LogP contribution in [0.2, 0.25) is 0 Å². The monoisotopic (exact) mass is 229 g/mol. The van der Waals surface area contributed by atoms with Crippen molar-refractivity contribution in [3.8, 4) is 0 Å². The van der Waals surface area contributed by atoms with Crippen molar-refractivity contribution in [3.63, 3.8) is 0 Å². The third-order valence-corrected chi connectivity index (χ3v) is 2.93. The zero-order valence-corrected chi connectivity index (χ0v) is 10.1. The van der Waals surface area contributed by atoms with Crippen LogP contribution in [0.1, 0.15) is 11.3 Å². The molecule has 88 valence electrons. The summed E-state index contributed by atoms with van der Waals surface area (Å²) in [5, 5.41) is 1.08. The summed E-state index contributed by atoms with van der Waals surface area (Å²) in [7, 11) is 0. The van der Waals surface area contributed by atoms with Crippen molar-refractivity contribution in [1.29, 1.82) is 0 Å². The predicted octanol–water partition coefficient (Wildman–Crippen LogP) is 3.43. The van der Waals surface area contributed by atoms with Crippen molar-refractivity contribution in [2.45, 2.75) is 13.8 Å². The normalized spacial score (nSPS) is 10.5. The Hall–Kier alpha value is -2.03. The van der Waals surface area contributed by atoms with E-state index in [4.69, 9.17) is 4.74 Å². The second-order valence-electron chi connectivity index (χ2n) is 3.93. The van der Waals surface area contributed by atoms with Crippen molar-refractivity contribution < 1.29 is 9.53 Å². The maximum atomic E-state index is 11.9. The van der Waals surface area contributed by atoms with E-state index in [1.165, 1.54) is 0 Å². The average molecular weight is 229 g/mol. The summed E-state index contributed by atoms with van der Waals surface area (Å²) in [6.07, 6.45) is 1.21. The summed E-state index contributed by atoms with van der Waals surface area (Å²) in [6, 6.07) is 7.81. The molecule has 1 aromatic heterocycles. The Labute approximate surface area is 100 Å². The van der Waals surface area contributed by atoms with E-state index in [0.717, 1.165) is 22.2 Å². The third-order valence-electron chi connectivity index (χ3n) is 2.93. The van der Waals surface area contributed by atoms with Gasteiger partial charge in [0.25, 0.3) is 0 Å². The van der Waals surface area contributed by atoms with Gasteiger partial charge >= 0.3 is 6.09 Å². The molecule has 0 radical (unpaired) electrons. The molecule has 3 nitrogen and oxygen atoms in total. The number of rotatable bonds is 2. The number of fused-ring (bicyclic) bond motifs is 1. The molecule has 0 aliphatic rings. The number of hydrogen-bond donors (Lipinski definition) is 0. The van der Waals surface area contributed by atoms with E-state index < -0.39 is 0 Å². The van der Waals surface area contributed by atoms with Crippen molar-refractivity contribution in [2.24, 2.45) is 0 Å². The van der Waals surface area contributed by atoms with Gasteiger partial charge in [0.15, 0.2) is 0 Å². The van der Waals surface area contributed by atoms with Gasteiger partial charge in [0.05, 0.1) is 5.52 Å². The van der Waals surface area contributed by atoms with E-state index in [1.54, 1.807) is 10.6 Å². The Morgan fingerprint density at radius 3 is 2.82 bits per heavy atom. The molecule has 0 bridgehead atoms. The highest BCUT2D eigenvalue weighted by atomic mass is 16.5. The zero-order valence-electron chi connectivity index (χ0n) is 10.1. The van der Waals surface area contributed by atoms with Gasteiger partial charge in [-0.2, -0.15) is 0 Å². The van der Waals surface area contributed by atoms with Crippen LogP contribution in [0.4, 0.5) is 4.79 Å². The molecule has 3 heteroatoms. The fourth-order valence-electron chi connectivity index (χ4n) is 1.96. The zero-order chi connectivity index (χ0) is 12.4. The van der Waals surface area contributed by atoms with Crippen molar-refractivity contribution in [2.75, 3.05) is 6.61 Å². The van der Waals surface area contributed by atoms with Crippen LogP contribution in [0.25, 0.3) is 10.9 Å². The predicted molar refractivity (Wildman–Crippen MR) is 68.4 cm³/mol. The van der Waals surface area contributed by atoms with Gasteiger partial charge in [0, 0.05) is 11.1 Å². The number of aryl methyl sites for hydroxylation is 1. The molecular formula is C14H15NO2. The van der Waals surface area contributed by atoms with E-state index in [9.17, 15) is 4.79 Å². The molecule has 0 N–H and O–H groups in total. The largest absolute Gasteiger partial charge is 0.445 e. The summed E-state index contributed by atoms with van der Waals surface area (Å²) < 4.78 is 6.69. The molecule has 0 fully saturated rings. The van der Waals surface area contributed by atoms with Crippen LogP contribution >= 0.6 is 0 Å². The topological polar surface area (TPSA) is 31.2 Å². The van der Waals surface area contributed by atoms with Gasteiger partial charge in [-0.05, 0) is 25.5 Å². The number of nitrogens with zero attached hydrogens (tertiary/aromatic N) is 1. The number of benzene rings is 1. The fourth-order valence-corrected chi connectivity index (χ4v) is 1.96. The first-order valence-corrected chi connectivity index (χ1v) is 5.51. The van der Waals surface area contributed by atoms with E-state index in [-0.39, 0.29) is 12.7 Å². The Kier molecular flexibility index (Phi) is 3.00. The molecule has 1 aromatic carbocycles. The molecule has 0 aliphatic heterocycles. The molecule has 0 saturated carbocycles. The molecule has 17 heavy (non-hydrogen) atoms. The summed E-state index contributed by atoms with van der Waals surface area (Å²) in [4.78, 5) is 11.9. The standard InChI is InChI=1S/C14H15NO2/c1-4-9-17-14(16)15-11(3)10(2)12-7-5-6-8-13(12)15/h4-8H,1,9H2,2-3H3. The summed E-state index contributed by atoms with van der Waals surface area (Å²) in [5.74, 6) is 0. The quantitative estimate of drug-likeness (QED) is 0.739. The Morgan fingerprint density at radius 1 is 1.41 bits per heavy atom. The number of para-hydroxylation sites is 1. The molecule has 2 aromatic rings. The third kappa shape index (κ3) is 1.84. The van der Waals surface area contributed by atoms with Crippen LogP contribution in [-0.2, 0) is 4.74 Å². The number of carbonyl (C=O) groups excluding carboxylic acids is 1. The maximum absolute atomic E-state index is 11.9. The molecule has 2 rings (SSSR count). The number of ether oxygens (including phenoxy) is 1. The van der Waals surface area contributed by atoms with Gasteiger partial charge in [0.2, 0.25) is 0 Å². The average Bonchev–Trinajstić information content (AvgIpc) is 2.60. The van der Waals surface area contributed by atoms with Crippen LogP contribution < -0.4 is 0 Å². The van der Waals surface area contributed by atoms with Crippen LogP contribution in [-0.4, -0.2) is 17.3 Å². The highest BCUT2D eigenvalue weighted by Gasteiger charge is 2.16. The molecule has 0 unspecified atom stereocenters. The first-order valence-electron chi connectivity index (χ1n) is 5.51. The highest BCUT2D eigenvalue weighted by molar-refractivity contribution is 5.93. The molecule has 0 aliphatic carbocycles. The van der Waals surface area contributed by atoms with E-state index in [2.05, 4.69) is 6.58 Å². The SMILES string of the molecule is C=CCOC(=O)n1c(C)c(C)c2ccccc21. The van der Waals surface area contributed by atoms with Gasteiger partial charge in [0.1, 0.15) is 6.61 Å². The van der Waals surface area contributed by atoms with Crippen molar-refractivity contribution in [3.05, 3.63) is 48.2 Å². The summed E-state index contributed by atoms with van der Waals surface area (Å²) in [5.41, 5.74) is 2.91. The molecule has 0 saturated heterocycles. The van der Waals surface area contributed by atoms with Crippen LogP contribution in [0.5, 0.6) is 0 Å². The van der Waals surface area contributed by atoms with Crippen molar-refractivity contribution in [1.82, 2.24) is 4.57 Å². The Balaban J connectivity index is 2.56. The molecule has 0 atom stereocenters. The molecular weight excluding hydrogens is 214 g/mol. The lowest BCUT2D eigenvalue weighted by Gasteiger charge is -2.06. The van der Waals surface area contributed by atoms with Gasteiger partial charge in [-0.1, -0.05) is 30.9 Å². The van der Waals surface area contributed by atoms with Gasteiger partial charge in [-0.25, -0.2) is 9.36 Å². The van der Waals surface area contributed by atoms with E-state index >= 15 is 0 Å². The fraction of sp³-hybridized carbons (Fsp3) is 0.214. The number of carbonyl (C=O) groups is 1.